The van der Waals surface area contributed by atoms with E-state index in [1.54, 1.807) is 0 Å². The third-order valence-corrected chi connectivity index (χ3v) is 4.02. The van der Waals surface area contributed by atoms with Crippen LogP contribution in [0.25, 0.3) is 0 Å². The van der Waals surface area contributed by atoms with Crippen LogP contribution >= 0.6 is 11.6 Å². The van der Waals surface area contributed by atoms with Crippen molar-refractivity contribution in [2.24, 2.45) is 0 Å². The van der Waals surface area contributed by atoms with E-state index in [0.29, 0.717) is 5.02 Å². The minimum atomic E-state index is -0.00410. The van der Waals surface area contributed by atoms with Gasteiger partial charge >= 0.3 is 0 Å². The minimum absolute atomic E-state index is 0.00410. The first-order valence-corrected chi connectivity index (χ1v) is 7.55. The maximum atomic E-state index is 6.03. The van der Waals surface area contributed by atoms with Crippen LogP contribution in [0.1, 0.15) is 29.7 Å². The van der Waals surface area contributed by atoms with Gasteiger partial charge in [-0.15, -0.1) is 0 Å². The summed E-state index contributed by atoms with van der Waals surface area (Å²) in [6.45, 7) is 6.32. The smallest absolute Gasteiger partial charge is 0.121 e. The van der Waals surface area contributed by atoms with Crippen molar-refractivity contribution in [1.82, 2.24) is 5.32 Å². The van der Waals surface area contributed by atoms with E-state index in [4.69, 9.17) is 16.3 Å². The van der Waals surface area contributed by atoms with Crippen LogP contribution in [0.2, 0.25) is 5.02 Å². The second kappa shape index (κ2) is 6.97. The summed E-state index contributed by atoms with van der Waals surface area (Å²) < 4.78 is 6.03. The Kier molecular flexibility index (Phi) is 5.27. The van der Waals surface area contributed by atoms with Gasteiger partial charge in [-0.05, 0) is 62.7 Å². The van der Waals surface area contributed by atoms with E-state index in [9.17, 15) is 0 Å². The highest BCUT2D eigenvalue weighted by atomic mass is 35.5. The Hall–Kier alpha value is -1.51. The fraction of sp³-hybridized carbons (Fsp3) is 0.333. The monoisotopic (exact) mass is 303 g/mol. The van der Waals surface area contributed by atoms with Crippen molar-refractivity contribution in [2.45, 2.75) is 32.9 Å². The molecule has 0 heterocycles. The Balaban J connectivity index is 2.18. The van der Waals surface area contributed by atoms with E-state index < -0.39 is 0 Å². The average molecular weight is 304 g/mol. The number of ether oxygens (including phenoxy) is 1. The highest BCUT2D eigenvalue weighted by Gasteiger charge is 2.19. The molecular weight excluding hydrogens is 282 g/mol. The third kappa shape index (κ3) is 3.99. The normalized spacial score (nSPS) is 13.8. The summed E-state index contributed by atoms with van der Waals surface area (Å²) in [7, 11) is 1.96. The second-order valence-corrected chi connectivity index (χ2v) is 5.83. The van der Waals surface area contributed by atoms with Gasteiger partial charge in [-0.25, -0.2) is 0 Å². The lowest BCUT2D eigenvalue weighted by Crippen LogP contribution is -2.31. The zero-order chi connectivity index (χ0) is 15.4. The van der Waals surface area contributed by atoms with Crippen LogP contribution in [0, 0.1) is 13.8 Å². The quantitative estimate of drug-likeness (QED) is 0.865. The molecule has 0 aliphatic heterocycles. The Labute approximate surface area is 132 Å². The van der Waals surface area contributed by atoms with Gasteiger partial charge in [-0.3, -0.25) is 0 Å². The number of aryl methyl sites for hydroxylation is 2. The summed E-state index contributed by atoms with van der Waals surface area (Å²) in [5, 5.41) is 4.03. The van der Waals surface area contributed by atoms with Gasteiger partial charge in [0.25, 0.3) is 0 Å². The molecule has 2 atom stereocenters. The van der Waals surface area contributed by atoms with Crippen LogP contribution in [-0.2, 0) is 0 Å². The molecule has 0 saturated heterocycles. The molecule has 3 heteroatoms. The molecule has 2 aromatic carbocycles. The molecule has 0 spiro atoms. The van der Waals surface area contributed by atoms with Gasteiger partial charge in [0.2, 0.25) is 0 Å². The first-order valence-electron chi connectivity index (χ1n) is 7.18. The van der Waals surface area contributed by atoms with Crippen molar-refractivity contribution in [1.29, 1.82) is 0 Å². The summed E-state index contributed by atoms with van der Waals surface area (Å²) in [5.41, 5.74) is 3.83. The highest BCUT2D eigenvalue weighted by Crippen LogP contribution is 2.25. The zero-order valence-electron chi connectivity index (χ0n) is 13.0. The molecule has 2 unspecified atom stereocenters. The number of hydrogen-bond donors (Lipinski definition) is 1. The van der Waals surface area contributed by atoms with Gasteiger partial charge in [-0.1, -0.05) is 35.9 Å². The van der Waals surface area contributed by atoms with Gasteiger partial charge in [0.05, 0.1) is 6.04 Å². The predicted molar refractivity (Wildman–Crippen MR) is 89.3 cm³/mol. The topological polar surface area (TPSA) is 21.3 Å². The van der Waals surface area contributed by atoms with Gasteiger partial charge < -0.3 is 10.1 Å². The number of likely N-dealkylation sites (N-methyl/N-ethyl adjacent to an activating group) is 1. The largest absolute Gasteiger partial charge is 0.489 e. The van der Waals surface area contributed by atoms with Crippen molar-refractivity contribution >= 4 is 11.6 Å². The summed E-state index contributed by atoms with van der Waals surface area (Å²) in [5.74, 6) is 0.791. The van der Waals surface area contributed by atoms with E-state index in [-0.39, 0.29) is 12.1 Å². The van der Waals surface area contributed by atoms with Crippen LogP contribution in [0.15, 0.2) is 42.5 Å². The number of benzene rings is 2. The third-order valence-electron chi connectivity index (χ3n) is 3.79. The number of rotatable bonds is 5. The van der Waals surface area contributed by atoms with Crippen molar-refractivity contribution in [3.05, 3.63) is 64.2 Å². The summed E-state index contributed by atoms with van der Waals surface area (Å²) in [6, 6.07) is 14.2. The number of halogens is 1. The fourth-order valence-corrected chi connectivity index (χ4v) is 2.63. The van der Waals surface area contributed by atoms with Crippen LogP contribution in [0.4, 0.5) is 0 Å². The first kappa shape index (κ1) is 15.9. The van der Waals surface area contributed by atoms with Crippen molar-refractivity contribution in [2.75, 3.05) is 7.05 Å². The SMILES string of the molecule is CNC(c1ccc(C)c(C)c1)C(C)Oc1cccc(Cl)c1. The summed E-state index contributed by atoms with van der Waals surface area (Å²) in [6.07, 6.45) is -0.00410. The van der Waals surface area contributed by atoms with Gasteiger partial charge in [0.1, 0.15) is 11.9 Å². The molecule has 2 aromatic rings. The van der Waals surface area contributed by atoms with Crippen LogP contribution in [-0.4, -0.2) is 13.2 Å². The maximum Gasteiger partial charge on any atom is 0.121 e. The molecule has 112 valence electrons. The minimum Gasteiger partial charge on any atom is -0.489 e. The van der Waals surface area contributed by atoms with Crippen molar-refractivity contribution < 1.29 is 4.74 Å². The van der Waals surface area contributed by atoms with E-state index in [1.807, 2.05) is 31.3 Å². The molecule has 0 aliphatic rings. The Morgan fingerprint density at radius 1 is 1.05 bits per heavy atom. The maximum absolute atomic E-state index is 6.03. The molecule has 0 fully saturated rings. The molecule has 0 aromatic heterocycles. The standard InChI is InChI=1S/C18H22ClNO/c1-12-8-9-15(10-13(12)2)18(20-4)14(3)21-17-7-5-6-16(19)11-17/h5-11,14,18,20H,1-4H3. The Morgan fingerprint density at radius 3 is 2.43 bits per heavy atom. The molecule has 0 radical (unpaired) electrons. The molecule has 0 saturated carbocycles. The summed E-state index contributed by atoms with van der Waals surface area (Å²) in [4.78, 5) is 0. The highest BCUT2D eigenvalue weighted by molar-refractivity contribution is 6.30. The van der Waals surface area contributed by atoms with E-state index in [0.717, 1.165) is 5.75 Å². The first-order chi connectivity index (χ1) is 10.0. The molecule has 2 rings (SSSR count). The number of hydrogen-bond acceptors (Lipinski definition) is 2. The Bertz CT molecular complexity index is 612. The van der Waals surface area contributed by atoms with Crippen molar-refractivity contribution in [3.63, 3.8) is 0 Å². The molecule has 0 amide bonds. The molecule has 0 aliphatic carbocycles. The lowest BCUT2D eigenvalue weighted by atomic mass is 9.98. The van der Waals surface area contributed by atoms with E-state index >= 15 is 0 Å². The molecule has 0 bridgehead atoms. The fourth-order valence-electron chi connectivity index (χ4n) is 2.45. The van der Waals surface area contributed by atoms with Crippen molar-refractivity contribution in [3.8, 4) is 5.75 Å². The molecule has 21 heavy (non-hydrogen) atoms. The molecular formula is C18H22ClNO. The molecule has 2 nitrogen and oxygen atoms in total. The van der Waals surface area contributed by atoms with Gasteiger partial charge in [-0.2, -0.15) is 0 Å². The van der Waals surface area contributed by atoms with E-state index in [1.165, 1.54) is 16.7 Å². The number of nitrogens with one attached hydrogen (secondary N) is 1. The summed E-state index contributed by atoms with van der Waals surface area (Å²) >= 11 is 6.00. The average Bonchev–Trinajstić information content (AvgIpc) is 2.43. The van der Waals surface area contributed by atoms with Gasteiger partial charge in [0.15, 0.2) is 0 Å². The van der Waals surface area contributed by atoms with Crippen LogP contribution in [0.5, 0.6) is 5.75 Å². The Morgan fingerprint density at radius 2 is 1.81 bits per heavy atom. The lowest BCUT2D eigenvalue weighted by molar-refractivity contribution is 0.175. The van der Waals surface area contributed by atoms with Crippen LogP contribution < -0.4 is 10.1 Å². The second-order valence-electron chi connectivity index (χ2n) is 5.39. The predicted octanol–water partition coefficient (Wildman–Crippen LogP) is 4.68. The van der Waals surface area contributed by atoms with Gasteiger partial charge in [0, 0.05) is 5.02 Å². The lowest BCUT2D eigenvalue weighted by Gasteiger charge is -2.25. The van der Waals surface area contributed by atoms with Crippen LogP contribution in [0.3, 0.4) is 0 Å². The zero-order valence-corrected chi connectivity index (χ0v) is 13.7. The molecule has 1 N–H and O–H groups in total. The van der Waals surface area contributed by atoms with E-state index in [2.05, 4.69) is 44.3 Å².